The van der Waals surface area contributed by atoms with Crippen LogP contribution < -0.4 is 5.32 Å². The SMILES string of the molecule is CCOC(=O)c1coc(NCC2(O)CCCCC2)n1. The van der Waals surface area contributed by atoms with E-state index in [0.29, 0.717) is 13.2 Å². The van der Waals surface area contributed by atoms with Gasteiger partial charge in [0.25, 0.3) is 6.01 Å². The first-order valence-corrected chi connectivity index (χ1v) is 6.72. The molecule has 1 heterocycles. The van der Waals surface area contributed by atoms with Crippen molar-refractivity contribution in [2.45, 2.75) is 44.6 Å². The van der Waals surface area contributed by atoms with Gasteiger partial charge in [-0.3, -0.25) is 0 Å². The van der Waals surface area contributed by atoms with Gasteiger partial charge in [-0.15, -0.1) is 0 Å². The van der Waals surface area contributed by atoms with E-state index in [1.165, 1.54) is 12.7 Å². The number of oxazole rings is 1. The molecular weight excluding hydrogens is 248 g/mol. The molecule has 0 amide bonds. The molecule has 0 spiro atoms. The fourth-order valence-corrected chi connectivity index (χ4v) is 2.28. The molecule has 0 aliphatic heterocycles. The van der Waals surface area contributed by atoms with E-state index in [1.807, 2.05) is 0 Å². The number of aromatic nitrogens is 1. The predicted molar refractivity (Wildman–Crippen MR) is 69.0 cm³/mol. The maximum Gasteiger partial charge on any atom is 0.360 e. The van der Waals surface area contributed by atoms with Crippen molar-refractivity contribution in [3.63, 3.8) is 0 Å². The maximum absolute atomic E-state index is 11.4. The van der Waals surface area contributed by atoms with Crippen LogP contribution in [0.15, 0.2) is 10.7 Å². The molecule has 1 fully saturated rings. The highest BCUT2D eigenvalue weighted by Crippen LogP contribution is 2.28. The summed E-state index contributed by atoms with van der Waals surface area (Å²) in [5.41, 5.74) is -0.559. The summed E-state index contributed by atoms with van der Waals surface area (Å²) in [7, 11) is 0. The standard InChI is InChI=1S/C13H20N2O4/c1-2-18-11(16)10-8-19-12(15-10)14-9-13(17)6-4-3-5-7-13/h8,17H,2-7,9H2,1H3,(H,14,15). The largest absolute Gasteiger partial charge is 0.461 e. The van der Waals surface area contributed by atoms with Gasteiger partial charge in [-0.1, -0.05) is 19.3 Å². The van der Waals surface area contributed by atoms with Crippen LogP contribution in [-0.4, -0.2) is 34.8 Å². The maximum atomic E-state index is 11.4. The Hall–Kier alpha value is -1.56. The smallest absolute Gasteiger partial charge is 0.360 e. The molecule has 0 atom stereocenters. The minimum absolute atomic E-state index is 0.139. The molecule has 6 heteroatoms. The van der Waals surface area contributed by atoms with Crippen LogP contribution in [0.2, 0.25) is 0 Å². The molecule has 6 nitrogen and oxygen atoms in total. The lowest BCUT2D eigenvalue weighted by molar-refractivity contribution is 0.0163. The van der Waals surface area contributed by atoms with Gasteiger partial charge in [-0.05, 0) is 19.8 Å². The van der Waals surface area contributed by atoms with Gasteiger partial charge in [0.2, 0.25) is 0 Å². The number of ether oxygens (including phenoxy) is 1. The predicted octanol–water partition coefficient (Wildman–Crippen LogP) is 1.96. The number of esters is 1. The quantitative estimate of drug-likeness (QED) is 0.794. The highest BCUT2D eigenvalue weighted by molar-refractivity contribution is 5.87. The molecule has 106 valence electrons. The highest BCUT2D eigenvalue weighted by Gasteiger charge is 2.29. The summed E-state index contributed by atoms with van der Waals surface area (Å²) in [6.07, 6.45) is 6.08. The number of nitrogens with one attached hydrogen (secondary N) is 1. The van der Waals surface area contributed by atoms with Gasteiger partial charge >= 0.3 is 5.97 Å². The van der Waals surface area contributed by atoms with Gasteiger partial charge < -0.3 is 19.6 Å². The zero-order valence-corrected chi connectivity index (χ0v) is 11.1. The second-order valence-corrected chi connectivity index (χ2v) is 4.90. The topological polar surface area (TPSA) is 84.6 Å². The first-order chi connectivity index (χ1) is 9.13. The Morgan fingerprint density at radius 1 is 1.53 bits per heavy atom. The second kappa shape index (κ2) is 6.06. The molecule has 2 rings (SSSR count). The highest BCUT2D eigenvalue weighted by atomic mass is 16.5. The van der Waals surface area contributed by atoms with Gasteiger partial charge in [0, 0.05) is 6.54 Å². The number of nitrogens with zero attached hydrogens (tertiary/aromatic N) is 1. The summed E-state index contributed by atoms with van der Waals surface area (Å²) in [4.78, 5) is 15.4. The minimum atomic E-state index is -0.698. The van der Waals surface area contributed by atoms with Crippen molar-refractivity contribution in [1.29, 1.82) is 0 Å². The number of carbonyl (C=O) groups is 1. The Balaban J connectivity index is 1.87. The third kappa shape index (κ3) is 3.70. The summed E-state index contributed by atoms with van der Waals surface area (Å²) in [6, 6.07) is 0.238. The van der Waals surface area contributed by atoms with Crippen molar-refractivity contribution in [3.8, 4) is 0 Å². The van der Waals surface area contributed by atoms with Crippen molar-refractivity contribution >= 4 is 12.0 Å². The summed E-state index contributed by atoms with van der Waals surface area (Å²) in [5.74, 6) is -0.504. The Kier molecular flexibility index (Phi) is 4.42. The van der Waals surface area contributed by atoms with Crippen LogP contribution in [0.3, 0.4) is 0 Å². The number of anilines is 1. The van der Waals surface area contributed by atoms with E-state index in [-0.39, 0.29) is 11.7 Å². The van der Waals surface area contributed by atoms with E-state index in [4.69, 9.17) is 9.15 Å². The molecule has 1 aromatic heterocycles. The zero-order chi connectivity index (χ0) is 13.7. The van der Waals surface area contributed by atoms with E-state index in [2.05, 4.69) is 10.3 Å². The molecule has 1 aliphatic rings. The fraction of sp³-hybridized carbons (Fsp3) is 0.692. The van der Waals surface area contributed by atoms with Crippen molar-refractivity contribution in [1.82, 2.24) is 4.98 Å². The minimum Gasteiger partial charge on any atom is -0.461 e. The Morgan fingerprint density at radius 3 is 2.95 bits per heavy atom. The average molecular weight is 268 g/mol. The number of hydrogen-bond donors (Lipinski definition) is 2. The van der Waals surface area contributed by atoms with Crippen LogP contribution >= 0.6 is 0 Å². The number of rotatable bonds is 5. The van der Waals surface area contributed by atoms with Crippen molar-refractivity contribution in [3.05, 3.63) is 12.0 Å². The monoisotopic (exact) mass is 268 g/mol. The Labute approximate surface area is 112 Å². The van der Waals surface area contributed by atoms with Gasteiger partial charge in [0.1, 0.15) is 6.26 Å². The average Bonchev–Trinajstić information content (AvgIpc) is 2.87. The van der Waals surface area contributed by atoms with Crippen LogP contribution in [0.25, 0.3) is 0 Å². The van der Waals surface area contributed by atoms with Gasteiger partial charge in [0.15, 0.2) is 5.69 Å². The molecule has 1 aliphatic carbocycles. The van der Waals surface area contributed by atoms with Crippen LogP contribution in [0, 0.1) is 0 Å². The molecule has 1 aromatic rings. The van der Waals surface area contributed by atoms with E-state index < -0.39 is 11.6 Å². The lowest BCUT2D eigenvalue weighted by Crippen LogP contribution is -2.38. The van der Waals surface area contributed by atoms with Crippen LogP contribution in [0.4, 0.5) is 6.01 Å². The van der Waals surface area contributed by atoms with Gasteiger partial charge in [-0.25, -0.2) is 4.79 Å². The molecule has 0 aromatic carbocycles. The van der Waals surface area contributed by atoms with Crippen molar-refractivity contribution < 1.29 is 19.1 Å². The molecule has 1 saturated carbocycles. The molecule has 0 bridgehead atoms. The second-order valence-electron chi connectivity index (χ2n) is 4.90. The normalized spacial score (nSPS) is 18.0. The third-order valence-corrected chi connectivity index (χ3v) is 3.34. The third-order valence-electron chi connectivity index (χ3n) is 3.34. The first kappa shape index (κ1) is 13.9. The first-order valence-electron chi connectivity index (χ1n) is 6.72. The summed E-state index contributed by atoms with van der Waals surface area (Å²) in [5, 5.41) is 13.2. The summed E-state index contributed by atoms with van der Waals surface area (Å²) in [6.45, 7) is 2.42. The molecule has 0 radical (unpaired) electrons. The summed E-state index contributed by atoms with van der Waals surface area (Å²) < 4.78 is 9.95. The Morgan fingerprint density at radius 2 is 2.26 bits per heavy atom. The lowest BCUT2D eigenvalue weighted by Gasteiger charge is -2.31. The van der Waals surface area contributed by atoms with E-state index in [9.17, 15) is 9.90 Å². The van der Waals surface area contributed by atoms with E-state index >= 15 is 0 Å². The molecular formula is C13H20N2O4. The molecule has 19 heavy (non-hydrogen) atoms. The zero-order valence-electron chi connectivity index (χ0n) is 11.1. The van der Waals surface area contributed by atoms with Crippen molar-refractivity contribution in [2.24, 2.45) is 0 Å². The van der Waals surface area contributed by atoms with E-state index in [0.717, 1.165) is 25.7 Å². The summed E-state index contributed by atoms with van der Waals surface area (Å²) >= 11 is 0. The number of carbonyl (C=O) groups excluding carboxylic acids is 1. The van der Waals surface area contributed by atoms with Crippen LogP contribution in [0.5, 0.6) is 0 Å². The van der Waals surface area contributed by atoms with Gasteiger partial charge in [-0.2, -0.15) is 4.98 Å². The Bertz CT molecular complexity index is 424. The fourth-order valence-electron chi connectivity index (χ4n) is 2.28. The number of aliphatic hydroxyl groups is 1. The van der Waals surface area contributed by atoms with Crippen LogP contribution in [0.1, 0.15) is 49.5 Å². The van der Waals surface area contributed by atoms with Crippen molar-refractivity contribution in [2.75, 3.05) is 18.5 Å². The van der Waals surface area contributed by atoms with Gasteiger partial charge in [0.05, 0.1) is 12.2 Å². The lowest BCUT2D eigenvalue weighted by atomic mass is 9.85. The number of hydrogen-bond acceptors (Lipinski definition) is 6. The van der Waals surface area contributed by atoms with Crippen LogP contribution in [-0.2, 0) is 4.74 Å². The molecule has 0 saturated heterocycles. The van der Waals surface area contributed by atoms with E-state index in [1.54, 1.807) is 6.92 Å². The molecule has 2 N–H and O–H groups in total. The molecule has 0 unspecified atom stereocenters.